The van der Waals surface area contributed by atoms with Crippen LogP contribution in [0.25, 0.3) is 10.2 Å². The molecule has 7 nitrogen and oxygen atoms in total. The number of hydrogen-bond acceptors (Lipinski definition) is 7. The molecule has 0 aliphatic rings. The predicted molar refractivity (Wildman–Crippen MR) is 108 cm³/mol. The van der Waals surface area contributed by atoms with Gasteiger partial charge in [-0.2, -0.15) is 5.26 Å². The van der Waals surface area contributed by atoms with E-state index in [1.165, 1.54) is 6.92 Å². The fourth-order valence-electron chi connectivity index (χ4n) is 2.81. The Bertz CT molecular complexity index is 1130. The van der Waals surface area contributed by atoms with E-state index in [0.717, 1.165) is 28.0 Å². The molecule has 1 atom stereocenters. The second-order valence-corrected chi connectivity index (χ2v) is 7.30. The van der Waals surface area contributed by atoms with Gasteiger partial charge in [0.2, 0.25) is 0 Å². The second-order valence-electron chi connectivity index (χ2n) is 6.30. The Labute approximate surface area is 165 Å². The van der Waals surface area contributed by atoms with Crippen LogP contribution >= 0.6 is 11.3 Å². The Morgan fingerprint density at radius 3 is 2.75 bits per heavy atom. The van der Waals surface area contributed by atoms with E-state index in [4.69, 9.17) is 15.7 Å². The molecule has 0 aliphatic carbocycles. The summed E-state index contributed by atoms with van der Waals surface area (Å²) in [6.07, 6.45) is -1.07. The number of aromatic nitrogens is 1. The zero-order valence-electron chi connectivity index (χ0n) is 15.6. The number of hydrogen-bond donors (Lipinski definition) is 2. The molecule has 3 N–H and O–H groups in total. The lowest BCUT2D eigenvalue weighted by atomic mass is 10.1. The van der Waals surface area contributed by atoms with Crippen molar-refractivity contribution in [2.24, 2.45) is 0 Å². The molecule has 0 fully saturated rings. The topological polar surface area (TPSA) is 118 Å². The highest BCUT2D eigenvalue weighted by molar-refractivity contribution is 7.21. The summed E-state index contributed by atoms with van der Waals surface area (Å²) in [4.78, 5) is 30.2. The van der Waals surface area contributed by atoms with Crippen molar-refractivity contribution in [2.45, 2.75) is 26.9 Å². The molecule has 0 saturated heterocycles. The number of nitrogens with one attached hydrogen (secondary N) is 1. The first-order chi connectivity index (χ1) is 13.3. The largest absolute Gasteiger partial charge is 0.448 e. The van der Waals surface area contributed by atoms with Gasteiger partial charge in [0.1, 0.15) is 15.8 Å². The van der Waals surface area contributed by atoms with Crippen LogP contribution < -0.4 is 11.1 Å². The summed E-state index contributed by atoms with van der Waals surface area (Å²) in [6, 6.07) is 10.5. The van der Waals surface area contributed by atoms with Crippen LogP contribution in [0.1, 0.15) is 33.4 Å². The molecule has 3 rings (SSSR count). The second kappa shape index (κ2) is 7.66. The number of nitrogens with zero attached hydrogens (tertiary/aromatic N) is 2. The van der Waals surface area contributed by atoms with Gasteiger partial charge in [-0.3, -0.25) is 4.79 Å². The lowest BCUT2D eigenvalue weighted by Crippen LogP contribution is -2.30. The molecule has 1 amide bonds. The number of thiophene rings is 1. The van der Waals surface area contributed by atoms with Gasteiger partial charge in [0.05, 0.1) is 16.9 Å². The smallest absolute Gasteiger partial charge is 0.351 e. The molecular weight excluding hydrogens is 376 g/mol. The van der Waals surface area contributed by atoms with E-state index < -0.39 is 18.0 Å². The maximum Gasteiger partial charge on any atom is 0.351 e. The van der Waals surface area contributed by atoms with Crippen molar-refractivity contribution < 1.29 is 14.3 Å². The summed E-state index contributed by atoms with van der Waals surface area (Å²) in [5.74, 6) is -1.23. The van der Waals surface area contributed by atoms with Gasteiger partial charge in [-0.15, -0.1) is 11.3 Å². The summed E-state index contributed by atoms with van der Waals surface area (Å²) in [5.41, 5.74) is 8.87. The number of ether oxygens (including phenoxy) is 1. The third-order valence-electron chi connectivity index (χ3n) is 4.17. The number of benzene rings is 1. The molecule has 142 valence electrons. The number of fused-ring (bicyclic) bond motifs is 1. The van der Waals surface area contributed by atoms with E-state index in [-0.39, 0.29) is 4.88 Å². The van der Waals surface area contributed by atoms with Crippen molar-refractivity contribution in [1.82, 2.24) is 4.98 Å². The van der Waals surface area contributed by atoms with E-state index in [0.29, 0.717) is 21.8 Å². The molecule has 1 aromatic carbocycles. The predicted octanol–water partition coefficient (Wildman–Crippen LogP) is 3.55. The van der Waals surface area contributed by atoms with Crippen molar-refractivity contribution in [3.05, 3.63) is 52.0 Å². The highest BCUT2D eigenvalue weighted by Gasteiger charge is 2.24. The molecule has 2 aromatic heterocycles. The number of carbonyl (C=O) groups excluding carboxylic acids is 2. The molecule has 0 aliphatic heterocycles. The fourth-order valence-corrected chi connectivity index (χ4v) is 3.91. The number of nitriles is 1. The Kier molecular flexibility index (Phi) is 5.29. The molecule has 0 saturated carbocycles. The van der Waals surface area contributed by atoms with Gasteiger partial charge in [0.15, 0.2) is 6.10 Å². The number of anilines is 2. The number of rotatable bonds is 4. The zero-order chi connectivity index (χ0) is 20.4. The standard InChI is InChI=1S/C20H18N4O3S/c1-10-8-11(2)23-19-15(10)16(22)17(28-19)20(26)27-12(3)18(25)24-14-7-5-4-6-13(14)9-21/h4-8,12H,22H2,1-3H3,(H,24,25). The first kappa shape index (κ1) is 19.3. The number of carbonyl (C=O) groups is 2. The maximum absolute atomic E-state index is 12.6. The Balaban J connectivity index is 1.78. The molecular formula is C20H18N4O3S. The van der Waals surface area contributed by atoms with Crippen molar-refractivity contribution in [3.63, 3.8) is 0 Å². The fraction of sp³-hybridized carbons (Fsp3) is 0.200. The minimum absolute atomic E-state index is 0.216. The van der Waals surface area contributed by atoms with Gasteiger partial charge in [-0.1, -0.05) is 12.1 Å². The van der Waals surface area contributed by atoms with E-state index >= 15 is 0 Å². The van der Waals surface area contributed by atoms with Gasteiger partial charge in [-0.25, -0.2) is 9.78 Å². The number of nitrogen functional groups attached to an aromatic ring is 1. The van der Waals surface area contributed by atoms with Gasteiger partial charge in [0, 0.05) is 11.1 Å². The average molecular weight is 394 g/mol. The third-order valence-corrected chi connectivity index (χ3v) is 5.25. The zero-order valence-corrected chi connectivity index (χ0v) is 16.4. The minimum atomic E-state index is -1.07. The van der Waals surface area contributed by atoms with Gasteiger partial charge in [-0.05, 0) is 44.5 Å². The van der Waals surface area contributed by atoms with Crippen LogP contribution in [-0.2, 0) is 9.53 Å². The SMILES string of the molecule is Cc1cc(C)c2c(N)c(C(=O)OC(C)C(=O)Nc3ccccc3C#N)sc2n1. The number of nitrogens with two attached hydrogens (primary N) is 1. The molecule has 3 aromatic rings. The van der Waals surface area contributed by atoms with Crippen LogP contribution in [0.3, 0.4) is 0 Å². The Morgan fingerprint density at radius 1 is 1.32 bits per heavy atom. The van der Waals surface area contributed by atoms with Crippen LogP contribution in [0.15, 0.2) is 30.3 Å². The van der Waals surface area contributed by atoms with Crippen molar-refractivity contribution in [2.75, 3.05) is 11.1 Å². The molecule has 28 heavy (non-hydrogen) atoms. The number of aryl methyl sites for hydroxylation is 2. The third kappa shape index (κ3) is 3.66. The summed E-state index contributed by atoms with van der Waals surface area (Å²) < 4.78 is 5.29. The van der Waals surface area contributed by atoms with Crippen LogP contribution in [-0.4, -0.2) is 23.0 Å². The number of para-hydroxylation sites is 1. The molecule has 1 unspecified atom stereocenters. The molecule has 2 heterocycles. The van der Waals surface area contributed by atoms with Gasteiger partial charge < -0.3 is 15.8 Å². The van der Waals surface area contributed by atoms with E-state index in [1.54, 1.807) is 24.3 Å². The summed E-state index contributed by atoms with van der Waals surface area (Å²) in [5, 5.41) is 12.4. The van der Waals surface area contributed by atoms with Gasteiger partial charge >= 0.3 is 5.97 Å². The first-order valence-corrected chi connectivity index (χ1v) is 9.30. The molecule has 0 bridgehead atoms. The summed E-state index contributed by atoms with van der Waals surface area (Å²) in [6.45, 7) is 5.23. The van der Waals surface area contributed by atoms with Crippen molar-refractivity contribution in [3.8, 4) is 6.07 Å². The highest BCUT2D eigenvalue weighted by Crippen LogP contribution is 2.35. The summed E-state index contributed by atoms with van der Waals surface area (Å²) in [7, 11) is 0. The molecule has 8 heteroatoms. The lowest BCUT2D eigenvalue weighted by molar-refractivity contribution is -0.123. The van der Waals surface area contributed by atoms with Gasteiger partial charge in [0.25, 0.3) is 5.91 Å². The maximum atomic E-state index is 12.6. The minimum Gasteiger partial charge on any atom is -0.448 e. The van der Waals surface area contributed by atoms with Crippen LogP contribution in [0, 0.1) is 25.2 Å². The van der Waals surface area contributed by atoms with Crippen molar-refractivity contribution in [1.29, 1.82) is 5.26 Å². The summed E-state index contributed by atoms with van der Waals surface area (Å²) >= 11 is 1.14. The van der Waals surface area contributed by atoms with Crippen LogP contribution in [0.4, 0.5) is 11.4 Å². The van der Waals surface area contributed by atoms with E-state index in [1.807, 2.05) is 26.0 Å². The monoisotopic (exact) mass is 394 g/mol. The van der Waals surface area contributed by atoms with Crippen LogP contribution in [0.2, 0.25) is 0 Å². The number of pyridine rings is 1. The lowest BCUT2D eigenvalue weighted by Gasteiger charge is -2.14. The average Bonchev–Trinajstić information content (AvgIpc) is 2.98. The van der Waals surface area contributed by atoms with Crippen LogP contribution in [0.5, 0.6) is 0 Å². The Hall–Kier alpha value is -3.44. The highest BCUT2D eigenvalue weighted by atomic mass is 32.1. The van der Waals surface area contributed by atoms with Crippen molar-refractivity contribution >= 4 is 44.8 Å². The molecule has 0 radical (unpaired) electrons. The molecule has 0 spiro atoms. The van der Waals surface area contributed by atoms with E-state index in [2.05, 4.69) is 10.3 Å². The normalized spacial score (nSPS) is 11.6. The number of esters is 1. The van der Waals surface area contributed by atoms with E-state index in [9.17, 15) is 9.59 Å². The quantitative estimate of drug-likeness (QED) is 0.653. The Morgan fingerprint density at radius 2 is 2.04 bits per heavy atom. The number of amides is 1. The first-order valence-electron chi connectivity index (χ1n) is 8.49.